The van der Waals surface area contributed by atoms with Crippen molar-refractivity contribution < 1.29 is 4.42 Å². The van der Waals surface area contributed by atoms with Crippen molar-refractivity contribution in [3.63, 3.8) is 0 Å². The summed E-state index contributed by atoms with van der Waals surface area (Å²) in [6.07, 6.45) is 0. The molecule has 0 aliphatic carbocycles. The molecule has 0 N–H and O–H groups in total. The number of furan rings is 1. The minimum Gasteiger partial charge on any atom is -0.456 e. The van der Waals surface area contributed by atoms with Gasteiger partial charge in [0, 0.05) is 10.8 Å². The lowest BCUT2D eigenvalue weighted by atomic mass is 10.0. The highest BCUT2D eigenvalue weighted by atomic mass is 28.3. The fourth-order valence-corrected chi connectivity index (χ4v) is 10.8. The summed E-state index contributed by atoms with van der Waals surface area (Å²) in [7, 11) is -2.45. The molecule has 0 saturated carbocycles. The molecule has 1 aliphatic rings. The topological polar surface area (TPSA) is 13.1 Å². The van der Waals surface area contributed by atoms with Crippen molar-refractivity contribution in [2.75, 3.05) is 0 Å². The molecule has 0 amide bonds. The Morgan fingerprint density at radius 2 is 1.06 bits per heavy atom. The molecular formula is C30H20OSi. The molecule has 1 nitrogen and oxygen atoms in total. The van der Waals surface area contributed by atoms with E-state index in [0.717, 1.165) is 11.2 Å². The minimum atomic E-state index is -2.45. The van der Waals surface area contributed by atoms with Crippen LogP contribution in [0.4, 0.5) is 0 Å². The summed E-state index contributed by atoms with van der Waals surface area (Å²) in [5.41, 5.74) is 4.63. The fourth-order valence-electron chi connectivity index (χ4n) is 5.66. The summed E-state index contributed by atoms with van der Waals surface area (Å²) in [5.74, 6) is 0. The molecular weight excluding hydrogens is 404 g/mol. The maximum absolute atomic E-state index is 6.36. The van der Waals surface area contributed by atoms with E-state index in [9.17, 15) is 0 Å². The number of hydrogen-bond donors (Lipinski definition) is 0. The average Bonchev–Trinajstić information content (AvgIpc) is 3.37. The van der Waals surface area contributed by atoms with Crippen molar-refractivity contribution in [3.05, 3.63) is 121 Å². The van der Waals surface area contributed by atoms with E-state index in [2.05, 4.69) is 115 Å². The summed E-state index contributed by atoms with van der Waals surface area (Å²) in [4.78, 5) is 0. The zero-order valence-electron chi connectivity index (χ0n) is 17.5. The van der Waals surface area contributed by atoms with Gasteiger partial charge in [-0.2, -0.15) is 0 Å². The van der Waals surface area contributed by atoms with Gasteiger partial charge in [0.2, 0.25) is 0 Å². The molecule has 0 spiro atoms. The molecule has 1 aromatic heterocycles. The Balaban J connectivity index is 1.69. The summed E-state index contributed by atoms with van der Waals surface area (Å²) < 4.78 is 6.36. The van der Waals surface area contributed by atoms with Gasteiger partial charge in [0.05, 0.1) is 0 Å². The smallest absolute Gasteiger partial charge is 0.181 e. The van der Waals surface area contributed by atoms with Crippen LogP contribution >= 0.6 is 0 Å². The van der Waals surface area contributed by atoms with E-state index in [0.29, 0.717) is 0 Å². The van der Waals surface area contributed by atoms with Crippen LogP contribution in [0, 0.1) is 0 Å². The molecule has 0 unspecified atom stereocenters. The normalized spacial score (nSPS) is 13.9. The highest BCUT2D eigenvalue weighted by molar-refractivity contribution is 7.22. The van der Waals surface area contributed by atoms with E-state index in [4.69, 9.17) is 4.42 Å². The average molecular weight is 425 g/mol. The molecule has 0 bridgehead atoms. The Bertz CT molecular complexity index is 1570. The van der Waals surface area contributed by atoms with Crippen LogP contribution in [0.2, 0.25) is 0 Å². The molecule has 0 radical (unpaired) electrons. The fraction of sp³-hybridized carbons (Fsp3) is 0. The molecule has 6 aromatic rings. The zero-order valence-corrected chi connectivity index (χ0v) is 18.5. The van der Waals surface area contributed by atoms with Gasteiger partial charge in [-0.1, -0.05) is 103 Å². The van der Waals surface area contributed by atoms with E-state index in [1.807, 2.05) is 6.07 Å². The van der Waals surface area contributed by atoms with Crippen molar-refractivity contribution in [1.29, 1.82) is 0 Å². The van der Waals surface area contributed by atoms with Crippen molar-refractivity contribution in [2.24, 2.45) is 0 Å². The second-order valence-electron chi connectivity index (χ2n) is 8.52. The van der Waals surface area contributed by atoms with Crippen LogP contribution in [0.5, 0.6) is 0 Å². The third-order valence-corrected chi connectivity index (χ3v) is 11.8. The van der Waals surface area contributed by atoms with Gasteiger partial charge >= 0.3 is 0 Å². The Morgan fingerprint density at radius 1 is 0.438 bits per heavy atom. The second kappa shape index (κ2) is 6.56. The number of benzene rings is 5. The van der Waals surface area contributed by atoms with Crippen LogP contribution < -0.4 is 20.7 Å². The lowest BCUT2D eigenvalue weighted by molar-refractivity contribution is 0.669. The maximum atomic E-state index is 6.36. The number of para-hydroxylation sites is 1. The van der Waals surface area contributed by atoms with Crippen LogP contribution in [0.3, 0.4) is 0 Å². The van der Waals surface area contributed by atoms with Crippen LogP contribution in [-0.4, -0.2) is 8.07 Å². The minimum absolute atomic E-state index is 0.950. The first-order valence-corrected chi connectivity index (χ1v) is 13.0. The zero-order chi connectivity index (χ0) is 21.1. The Hall–Kier alpha value is -3.88. The molecule has 32 heavy (non-hydrogen) atoms. The van der Waals surface area contributed by atoms with Gasteiger partial charge in [0.1, 0.15) is 11.2 Å². The highest BCUT2D eigenvalue weighted by Gasteiger charge is 2.48. The van der Waals surface area contributed by atoms with Gasteiger partial charge in [-0.05, 0) is 50.1 Å². The molecule has 7 rings (SSSR count). The van der Waals surface area contributed by atoms with Gasteiger partial charge in [0.15, 0.2) is 8.07 Å². The van der Waals surface area contributed by atoms with Crippen LogP contribution in [0.15, 0.2) is 126 Å². The van der Waals surface area contributed by atoms with Gasteiger partial charge in [-0.25, -0.2) is 0 Å². The summed E-state index contributed by atoms with van der Waals surface area (Å²) in [6.45, 7) is 0. The van der Waals surface area contributed by atoms with Crippen LogP contribution in [-0.2, 0) is 0 Å². The van der Waals surface area contributed by atoms with Crippen molar-refractivity contribution in [2.45, 2.75) is 0 Å². The third kappa shape index (κ3) is 2.22. The first-order chi connectivity index (χ1) is 15.9. The van der Waals surface area contributed by atoms with Gasteiger partial charge in [-0.3, -0.25) is 0 Å². The molecule has 0 atom stereocenters. The lowest BCUT2D eigenvalue weighted by Crippen LogP contribution is -2.72. The predicted octanol–water partition coefficient (Wildman–Crippen LogP) is 4.94. The Morgan fingerprint density at radius 3 is 1.81 bits per heavy atom. The van der Waals surface area contributed by atoms with E-state index in [1.54, 1.807) is 0 Å². The largest absolute Gasteiger partial charge is 0.456 e. The summed E-state index contributed by atoms with van der Waals surface area (Å²) >= 11 is 0. The van der Waals surface area contributed by atoms with E-state index in [1.165, 1.54) is 42.6 Å². The van der Waals surface area contributed by atoms with Crippen molar-refractivity contribution >= 4 is 50.8 Å². The molecule has 150 valence electrons. The lowest BCUT2D eigenvalue weighted by Gasteiger charge is -2.31. The number of hydrogen-bond acceptors (Lipinski definition) is 1. The molecule has 1 aliphatic heterocycles. The Labute approximate surface area is 187 Å². The predicted molar refractivity (Wildman–Crippen MR) is 136 cm³/mol. The van der Waals surface area contributed by atoms with Crippen molar-refractivity contribution in [3.8, 4) is 11.1 Å². The quantitative estimate of drug-likeness (QED) is 0.358. The highest BCUT2D eigenvalue weighted by Crippen LogP contribution is 2.35. The first-order valence-electron chi connectivity index (χ1n) is 11.0. The second-order valence-corrected chi connectivity index (χ2v) is 12.3. The van der Waals surface area contributed by atoms with Gasteiger partial charge in [-0.15, -0.1) is 0 Å². The van der Waals surface area contributed by atoms with Gasteiger partial charge in [0.25, 0.3) is 0 Å². The molecule has 2 heterocycles. The number of rotatable bonds is 2. The van der Waals surface area contributed by atoms with Crippen molar-refractivity contribution in [1.82, 2.24) is 0 Å². The van der Waals surface area contributed by atoms with E-state index in [-0.39, 0.29) is 0 Å². The van der Waals surface area contributed by atoms with Gasteiger partial charge < -0.3 is 4.42 Å². The first kappa shape index (κ1) is 17.8. The maximum Gasteiger partial charge on any atom is 0.181 e. The van der Waals surface area contributed by atoms with E-state index < -0.39 is 8.07 Å². The monoisotopic (exact) mass is 424 g/mol. The standard InChI is InChI=1S/C30H20OSi/c1-3-11-21(12-4-1)32(22-13-5-2-6-14-22)29-18-10-8-16-24(29)26-19-25-23-15-7-9-17-27(23)31-28(25)20-30(26)32/h1-20H. The van der Waals surface area contributed by atoms with Crippen LogP contribution in [0.1, 0.15) is 0 Å². The number of fused-ring (bicyclic) bond motifs is 6. The Kier molecular flexibility index (Phi) is 3.64. The summed E-state index contributed by atoms with van der Waals surface area (Å²) in [5, 5.41) is 8.08. The molecule has 0 fully saturated rings. The summed E-state index contributed by atoms with van der Waals surface area (Å²) in [6, 6.07) is 44.2. The third-order valence-electron chi connectivity index (χ3n) is 6.96. The molecule has 0 saturated heterocycles. The molecule has 2 heteroatoms. The van der Waals surface area contributed by atoms with Crippen LogP contribution in [0.25, 0.3) is 33.1 Å². The van der Waals surface area contributed by atoms with E-state index >= 15 is 0 Å². The molecule has 5 aromatic carbocycles. The SMILES string of the molecule is c1ccc([Si]2(c3ccccc3)c3ccccc3-c3cc4c(cc32)oc2ccccc24)cc1.